The lowest BCUT2D eigenvalue weighted by atomic mass is 10.2. The molecule has 0 saturated heterocycles. The predicted molar refractivity (Wildman–Crippen MR) is 78.9 cm³/mol. The number of amides is 1. The van der Waals surface area contributed by atoms with Gasteiger partial charge in [0.05, 0.1) is 12.2 Å². The molecule has 6 nitrogen and oxygen atoms in total. The van der Waals surface area contributed by atoms with Gasteiger partial charge in [0.2, 0.25) is 11.8 Å². The lowest BCUT2D eigenvalue weighted by Crippen LogP contribution is -2.28. The summed E-state index contributed by atoms with van der Waals surface area (Å²) >= 11 is 0. The summed E-state index contributed by atoms with van der Waals surface area (Å²) < 4.78 is 5.40. The van der Waals surface area contributed by atoms with Gasteiger partial charge in [-0.1, -0.05) is 13.8 Å². The maximum atomic E-state index is 11.6. The third-order valence-electron chi connectivity index (χ3n) is 2.67. The summed E-state index contributed by atoms with van der Waals surface area (Å²) in [6.07, 6.45) is 1.87. The van der Waals surface area contributed by atoms with Gasteiger partial charge in [0, 0.05) is 19.5 Å². The van der Waals surface area contributed by atoms with E-state index in [4.69, 9.17) is 4.74 Å². The van der Waals surface area contributed by atoms with Gasteiger partial charge in [0.1, 0.15) is 12.1 Å². The Kier molecular flexibility index (Phi) is 6.76. The molecule has 0 spiro atoms. The number of nitrogens with one attached hydrogen (secondary N) is 2. The van der Waals surface area contributed by atoms with Gasteiger partial charge in [0.15, 0.2) is 0 Å². The molecule has 0 unspecified atom stereocenters. The van der Waals surface area contributed by atoms with Crippen molar-refractivity contribution in [2.45, 2.75) is 34.1 Å². The van der Waals surface area contributed by atoms with Crippen molar-refractivity contribution in [3.63, 3.8) is 0 Å². The molecule has 1 heterocycles. The van der Waals surface area contributed by atoms with E-state index in [1.165, 1.54) is 6.33 Å². The van der Waals surface area contributed by atoms with Crippen LogP contribution < -0.4 is 15.4 Å². The van der Waals surface area contributed by atoms with Gasteiger partial charge in [-0.25, -0.2) is 9.97 Å². The van der Waals surface area contributed by atoms with Gasteiger partial charge in [-0.05, 0) is 19.8 Å². The number of hydrogen-bond donors (Lipinski definition) is 2. The van der Waals surface area contributed by atoms with Crippen molar-refractivity contribution in [2.75, 3.05) is 25.0 Å². The molecule has 6 heteroatoms. The second-order valence-electron chi connectivity index (χ2n) is 4.96. The van der Waals surface area contributed by atoms with Gasteiger partial charge in [0.25, 0.3) is 0 Å². The van der Waals surface area contributed by atoms with E-state index < -0.39 is 0 Å². The van der Waals surface area contributed by atoms with Crippen LogP contribution in [-0.2, 0) is 4.79 Å². The van der Waals surface area contributed by atoms with E-state index in [-0.39, 0.29) is 5.91 Å². The van der Waals surface area contributed by atoms with E-state index in [0.717, 1.165) is 5.56 Å². The number of carbonyl (C=O) groups excluding carboxylic acids is 1. The Balaban J connectivity index is 2.42. The van der Waals surface area contributed by atoms with E-state index in [1.54, 1.807) is 0 Å². The molecule has 0 atom stereocenters. The molecule has 2 N–H and O–H groups in total. The van der Waals surface area contributed by atoms with E-state index in [0.29, 0.717) is 43.7 Å². The molecule has 0 aliphatic heterocycles. The number of ether oxygens (including phenoxy) is 1. The van der Waals surface area contributed by atoms with Gasteiger partial charge in [-0.2, -0.15) is 0 Å². The summed E-state index contributed by atoms with van der Waals surface area (Å²) in [5.41, 5.74) is 0.858. The van der Waals surface area contributed by atoms with Gasteiger partial charge >= 0.3 is 0 Å². The third kappa shape index (κ3) is 5.42. The first-order valence-electron chi connectivity index (χ1n) is 6.99. The molecule has 1 rings (SSSR count). The number of nitrogens with zero attached hydrogens (tertiary/aromatic N) is 2. The summed E-state index contributed by atoms with van der Waals surface area (Å²) in [6, 6.07) is 0. The molecule has 0 bridgehead atoms. The highest BCUT2D eigenvalue weighted by Gasteiger charge is 2.08. The highest BCUT2D eigenvalue weighted by molar-refractivity contribution is 5.76. The van der Waals surface area contributed by atoms with Crippen LogP contribution >= 0.6 is 0 Å². The van der Waals surface area contributed by atoms with Crippen LogP contribution in [0.5, 0.6) is 5.88 Å². The monoisotopic (exact) mass is 280 g/mol. The number of rotatable bonds is 8. The molecule has 1 aromatic heterocycles. The van der Waals surface area contributed by atoms with Crippen LogP contribution in [0.25, 0.3) is 0 Å². The van der Waals surface area contributed by atoms with Gasteiger partial charge in [-0.15, -0.1) is 0 Å². The van der Waals surface area contributed by atoms with Crippen LogP contribution in [0.1, 0.15) is 32.8 Å². The topological polar surface area (TPSA) is 76.1 Å². The first kappa shape index (κ1) is 16.2. The first-order chi connectivity index (χ1) is 9.54. The lowest BCUT2D eigenvalue weighted by Gasteiger charge is -2.11. The fourth-order valence-corrected chi connectivity index (χ4v) is 1.60. The smallest absolute Gasteiger partial charge is 0.221 e. The molecule has 112 valence electrons. The SMILES string of the molecule is CCOc1ncnc(NCCC(=O)NCC(C)C)c1C. The van der Waals surface area contributed by atoms with Crippen LogP contribution in [-0.4, -0.2) is 35.6 Å². The second-order valence-corrected chi connectivity index (χ2v) is 4.96. The second kappa shape index (κ2) is 8.35. The Morgan fingerprint density at radius 2 is 2.15 bits per heavy atom. The summed E-state index contributed by atoms with van der Waals surface area (Å²) in [5.74, 6) is 1.79. The van der Waals surface area contributed by atoms with Crippen molar-refractivity contribution in [1.29, 1.82) is 0 Å². The largest absolute Gasteiger partial charge is 0.478 e. The highest BCUT2D eigenvalue weighted by Crippen LogP contribution is 2.19. The zero-order valence-corrected chi connectivity index (χ0v) is 12.7. The maximum Gasteiger partial charge on any atom is 0.221 e. The van der Waals surface area contributed by atoms with Gasteiger partial charge in [-0.3, -0.25) is 4.79 Å². The highest BCUT2D eigenvalue weighted by atomic mass is 16.5. The summed E-state index contributed by atoms with van der Waals surface area (Å²) in [7, 11) is 0. The minimum absolute atomic E-state index is 0.0444. The molecule has 20 heavy (non-hydrogen) atoms. The molecule has 0 aliphatic rings. The predicted octanol–water partition coefficient (Wildman–Crippen LogP) is 1.76. The lowest BCUT2D eigenvalue weighted by molar-refractivity contribution is -0.120. The van der Waals surface area contributed by atoms with Crippen molar-refractivity contribution in [3.8, 4) is 5.88 Å². The molecule has 0 aromatic carbocycles. The minimum atomic E-state index is 0.0444. The first-order valence-corrected chi connectivity index (χ1v) is 6.99. The maximum absolute atomic E-state index is 11.6. The van der Waals surface area contributed by atoms with Crippen LogP contribution in [0.15, 0.2) is 6.33 Å². The van der Waals surface area contributed by atoms with Crippen molar-refractivity contribution < 1.29 is 9.53 Å². The molecule has 1 aromatic rings. The zero-order valence-electron chi connectivity index (χ0n) is 12.7. The van der Waals surface area contributed by atoms with Crippen LogP contribution in [0.2, 0.25) is 0 Å². The summed E-state index contributed by atoms with van der Waals surface area (Å²) in [6.45, 7) is 9.75. The van der Waals surface area contributed by atoms with Crippen LogP contribution in [0.3, 0.4) is 0 Å². The van der Waals surface area contributed by atoms with E-state index in [1.807, 2.05) is 13.8 Å². The van der Waals surface area contributed by atoms with E-state index in [2.05, 4.69) is 34.4 Å². The van der Waals surface area contributed by atoms with Crippen molar-refractivity contribution in [1.82, 2.24) is 15.3 Å². The van der Waals surface area contributed by atoms with E-state index >= 15 is 0 Å². The fraction of sp³-hybridized carbons (Fsp3) is 0.643. The standard InChI is InChI=1S/C14H24N4O2/c1-5-20-14-11(4)13(17-9-18-14)15-7-6-12(19)16-8-10(2)3/h9-10H,5-8H2,1-4H3,(H,16,19)(H,15,17,18). The van der Waals surface area contributed by atoms with Crippen LogP contribution in [0.4, 0.5) is 5.82 Å². The quantitative estimate of drug-likeness (QED) is 0.759. The molecule has 0 saturated carbocycles. The Morgan fingerprint density at radius 1 is 1.40 bits per heavy atom. The number of hydrogen-bond acceptors (Lipinski definition) is 5. The molecule has 1 amide bonds. The molecular formula is C14H24N4O2. The van der Waals surface area contributed by atoms with Crippen molar-refractivity contribution in [2.24, 2.45) is 5.92 Å². The normalized spacial score (nSPS) is 10.4. The zero-order chi connectivity index (χ0) is 15.0. The number of carbonyl (C=O) groups is 1. The minimum Gasteiger partial charge on any atom is -0.478 e. The average molecular weight is 280 g/mol. The number of aromatic nitrogens is 2. The third-order valence-corrected chi connectivity index (χ3v) is 2.67. The Hall–Kier alpha value is -1.85. The van der Waals surface area contributed by atoms with Crippen molar-refractivity contribution in [3.05, 3.63) is 11.9 Å². The van der Waals surface area contributed by atoms with Crippen molar-refractivity contribution >= 4 is 11.7 Å². The molecular weight excluding hydrogens is 256 g/mol. The Bertz CT molecular complexity index is 435. The molecule has 0 aliphatic carbocycles. The number of anilines is 1. The van der Waals surface area contributed by atoms with E-state index in [9.17, 15) is 4.79 Å². The Morgan fingerprint density at radius 3 is 2.80 bits per heavy atom. The Labute approximate surface area is 120 Å². The average Bonchev–Trinajstić information content (AvgIpc) is 2.41. The summed E-state index contributed by atoms with van der Waals surface area (Å²) in [4.78, 5) is 19.8. The summed E-state index contributed by atoms with van der Waals surface area (Å²) in [5, 5.41) is 6.02. The molecule has 0 fully saturated rings. The van der Waals surface area contributed by atoms with Crippen LogP contribution in [0, 0.1) is 12.8 Å². The molecule has 0 radical (unpaired) electrons. The van der Waals surface area contributed by atoms with Gasteiger partial charge < -0.3 is 15.4 Å². The fourth-order valence-electron chi connectivity index (χ4n) is 1.60.